The predicted molar refractivity (Wildman–Crippen MR) is 175 cm³/mol. The highest BCUT2D eigenvalue weighted by Crippen LogP contribution is 2.22. The lowest BCUT2D eigenvalue weighted by Gasteiger charge is -2.41. The number of hydrogen-bond acceptors (Lipinski definition) is 6. The van der Waals surface area contributed by atoms with Crippen molar-refractivity contribution in [3.05, 3.63) is 106 Å². The fraction of sp³-hybridized carbons (Fsp3) is 0.371. The highest BCUT2D eigenvalue weighted by Gasteiger charge is 2.23. The number of carbonyl (C=O) groups excluding carboxylic acids is 1. The van der Waals surface area contributed by atoms with Gasteiger partial charge in [0.15, 0.2) is 0 Å². The van der Waals surface area contributed by atoms with Gasteiger partial charge in [0.05, 0.1) is 10.9 Å². The van der Waals surface area contributed by atoms with Crippen LogP contribution in [0.1, 0.15) is 36.7 Å². The molecule has 3 aromatic carbocycles. The van der Waals surface area contributed by atoms with E-state index in [2.05, 4.69) is 75.6 Å². The van der Waals surface area contributed by atoms with E-state index in [0.29, 0.717) is 55.4 Å². The van der Waals surface area contributed by atoms with Crippen molar-refractivity contribution >= 4 is 28.3 Å². The Hall–Kier alpha value is -4.50. The zero-order valence-corrected chi connectivity index (χ0v) is 25.7. The molecule has 0 bridgehead atoms. The van der Waals surface area contributed by atoms with Gasteiger partial charge in [-0.25, -0.2) is 0 Å². The Bertz CT molecular complexity index is 1800. The van der Waals surface area contributed by atoms with Crippen LogP contribution in [0.3, 0.4) is 0 Å². The summed E-state index contributed by atoms with van der Waals surface area (Å²) in [5.74, 6) is 1.19. The van der Waals surface area contributed by atoms with Gasteiger partial charge in [0.25, 0.3) is 5.56 Å². The van der Waals surface area contributed by atoms with Gasteiger partial charge in [-0.05, 0) is 68.6 Å². The molecule has 0 radical (unpaired) electrons. The van der Waals surface area contributed by atoms with Gasteiger partial charge in [0, 0.05) is 57.3 Å². The van der Waals surface area contributed by atoms with E-state index in [-0.39, 0.29) is 11.5 Å². The Morgan fingerprint density at radius 1 is 0.932 bits per heavy atom. The first-order valence-electron chi connectivity index (χ1n) is 15.7. The second-order valence-corrected chi connectivity index (χ2v) is 11.8. The van der Waals surface area contributed by atoms with Crippen LogP contribution in [0.25, 0.3) is 16.7 Å². The Balaban J connectivity index is 1.03. The number of aryl methyl sites for hydroxylation is 4. The van der Waals surface area contributed by atoms with Crippen molar-refractivity contribution in [1.29, 1.82) is 0 Å². The molecule has 1 atom stereocenters. The normalized spacial score (nSPS) is 15.7. The van der Waals surface area contributed by atoms with Gasteiger partial charge in [0.1, 0.15) is 5.82 Å². The minimum atomic E-state index is -0.0771. The van der Waals surface area contributed by atoms with Crippen molar-refractivity contribution in [1.82, 2.24) is 29.4 Å². The third kappa shape index (κ3) is 6.53. The molecule has 1 fully saturated rings. The molecule has 0 saturated carbocycles. The predicted octanol–water partition coefficient (Wildman–Crippen LogP) is 4.24. The van der Waals surface area contributed by atoms with Crippen molar-refractivity contribution in [3.8, 4) is 0 Å². The third-order valence-corrected chi connectivity index (χ3v) is 8.64. The van der Waals surface area contributed by atoms with E-state index >= 15 is 0 Å². The first-order valence-corrected chi connectivity index (χ1v) is 15.7. The Kier molecular flexibility index (Phi) is 9.02. The lowest BCUT2D eigenvalue weighted by Crippen LogP contribution is -2.52. The van der Waals surface area contributed by atoms with Crippen molar-refractivity contribution in [2.24, 2.45) is 0 Å². The first kappa shape index (κ1) is 29.6. The quantitative estimate of drug-likeness (QED) is 0.231. The summed E-state index contributed by atoms with van der Waals surface area (Å²) in [5, 5.41) is 12.6. The molecular formula is C35H41N7O2. The molecule has 1 unspecified atom stereocenters. The fourth-order valence-electron chi connectivity index (χ4n) is 6.33. The van der Waals surface area contributed by atoms with Gasteiger partial charge >= 0.3 is 0 Å². The molecule has 0 aliphatic carbocycles. The van der Waals surface area contributed by atoms with Crippen LogP contribution in [0.2, 0.25) is 0 Å². The van der Waals surface area contributed by atoms with Gasteiger partial charge in [-0.2, -0.15) is 0 Å². The van der Waals surface area contributed by atoms with E-state index in [1.165, 1.54) is 11.3 Å². The standard InChI is InChI=1S/C35H41N7O2/c1-26-10-8-13-29(24-26)40-23-22-39(25-27(40)2)20-9-19-36-33(43)17-16-32-37-38-35-41(21-18-28-11-4-3-5-12-28)34(44)30-14-6-7-15-31(30)42(32)35/h3-8,10-15,24,27H,9,16-23,25H2,1-2H3,(H,36,43). The van der Waals surface area contributed by atoms with Gasteiger partial charge in [-0.1, -0.05) is 54.6 Å². The van der Waals surface area contributed by atoms with Gasteiger partial charge in [-0.15, -0.1) is 10.2 Å². The van der Waals surface area contributed by atoms with Crippen molar-refractivity contribution in [2.45, 2.75) is 52.1 Å². The molecule has 44 heavy (non-hydrogen) atoms. The summed E-state index contributed by atoms with van der Waals surface area (Å²) in [4.78, 5) is 31.2. The van der Waals surface area contributed by atoms with Crippen LogP contribution in [0.5, 0.6) is 0 Å². The highest BCUT2D eigenvalue weighted by atomic mass is 16.1. The van der Waals surface area contributed by atoms with E-state index in [0.717, 1.165) is 43.7 Å². The average Bonchev–Trinajstić information content (AvgIpc) is 3.46. The van der Waals surface area contributed by atoms with Gasteiger partial charge < -0.3 is 10.2 Å². The van der Waals surface area contributed by atoms with Crippen LogP contribution in [-0.4, -0.2) is 68.7 Å². The number of rotatable bonds is 11. The summed E-state index contributed by atoms with van der Waals surface area (Å²) in [6, 6.07) is 26.8. The number of benzene rings is 3. The molecular weight excluding hydrogens is 550 g/mol. The van der Waals surface area contributed by atoms with Crippen LogP contribution in [0, 0.1) is 6.92 Å². The topological polar surface area (TPSA) is 87.8 Å². The monoisotopic (exact) mass is 591 g/mol. The Morgan fingerprint density at radius 2 is 1.75 bits per heavy atom. The molecule has 9 nitrogen and oxygen atoms in total. The number of nitrogens with one attached hydrogen (secondary N) is 1. The van der Waals surface area contributed by atoms with E-state index in [4.69, 9.17) is 0 Å². The number of para-hydroxylation sites is 1. The summed E-state index contributed by atoms with van der Waals surface area (Å²) >= 11 is 0. The molecule has 1 N–H and O–H groups in total. The van der Waals surface area contributed by atoms with Gasteiger partial charge in [-0.3, -0.25) is 23.5 Å². The molecule has 9 heteroatoms. The molecule has 3 heterocycles. The Labute approximate surface area is 258 Å². The number of anilines is 1. The molecule has 1 aliphatic rings. The van der Waals surface area contributed by atoms with E-state index < -0.39 is 0 Å². The zero-order valence-electron chi connectivity index (χ0n) is 25.7. The molecule has 2 aromatic heterocycles. The fourth-order valence-corrected chi connectivity index (χ4v) is 6.33. The SMILES string of the molecule is Cc1cccc(N2CCN(CCCNC(=O)CCc3nnc4n(CCc5ccccc5)c(=O)c5ccccc5n34)CC2C)c1. The molecule has 6 rings (SSSR count). The maximum atomic E-state index is 13.4. The highest BCUT2D eigenvalue weighted by molar-refractivity contribution is 5.80. The number of carbonyl (C=O) groups is 1. The van der Waals surface area contributed by atoms with Crippen LogP contribution in [-0.2, 0) is 24.2 Å². The van der Waals surface area contributed by atoms with Crippen molar-refractivity contribution < 1.29 is 4.79 Å². The van der Waals surface area contributed by atoms with Crippen molar-refractivity contribution in [2.75, 3.05) is 37.6 Å². The number of amides is 1. The van der Waals surface area contributed by atoms with Crippen LogP contribution >= 0.6 is 0 Å². The number of nitrogens with zero attached hydrogens (tertiary/aromatic N) is 6. The maximum Gasteiger partial charge on any atom is 0.262 e. The second kappa shape index (κ2) is 13.4. The lowest BCUT2D eigenvalue weighted by atomic mass is 10.1. The summed E-state index contributed by atoms with van der Waals surface area (Å²) in [7, 11) is 0. The third-order valence-electron chi connectivity index (χ3n) is 8.64. The molecule has 1 amide bonds. The molecule has 0 spiro atoms. The maximum absolute atomic E-state index is 13.4. The minimum Gasteiger partial charge on any atom is -0.366 e. The summed E-state index contributed by atoms with van der Waals surface area (Å²) < 4.78 is 3.64. The molecule has 228 valence electrons. The number of aromatic nitrogens is 4. The van der Waals surface area contributed by atoms with Crippen LogP contribution < -0.4 is 15.8 Å². The number of fused-ring (bicyclic) bond motifs is 3. The Morgan fingerprint density at radius 3 is 2.57 bits per heavy atom. The summed E-state index contributed by atoms with van der Waals surface area (Å²) in [5.41, 5.74) is 4.43. The largest absolute Gasteiger partial charge is 0.366 e. The van der Waals surface area contributed by atoms with E-state index in [1.54, 1.807) is 4.57 Å². The van der Waals surface area contributed by atoms with Crippen LogP contribution in [0.4, 0.5) is 5.69 Å². The van der Waals surface area contributed by atoms with Crippen LogP contribution in [0.15, 0.2) is 83.7 Å². The number of hydrogen-bond donors (Lipinski definition) is 1. The minimum absolute atomic E-state index is 0.00101. The van der Waals surface area contributed by atoms with E-state index in [9.17, 15) is 9.59 Å². The van der Waals surface area contributed by atoms with Gasteiger partial charge in [0.2, 0.25) is 11.7 Å². The summed E-state index contributed by atoms with van der Waals surface area (Å²) in [6.07, 6.45) is 2.37. The smallest absolute Gasteiger partial charge is 0.262 e. The van der Waals surface area contributed by atoms with E-state index in [1.807, 2.05) is 46.9 Å². The molecule has 1 aliphatic heterocycles. The zero-order chi connectivity index (χ0) is 30.5. The molecule has 1 saturated heterocycles. The van der Waals surface area contributed by atoms with Crippen molar-refractivity contribution in [3.63, 3.8) is 0 Å². The average molecular weight is 592 g/mol. The summed E-state index contributed by atoms with van der Waals surface area (Å²) in [6.45, 7) is 9.59. The second-order valence-electron chi connectivity index (χ2n) is 11.8. The number of piperazine rings is 1. The lowest BCUT2D eigenvalue weighted by molar-refractivity contribution is -0.121. The first-order chi connectivity index (χ1) is 21.5. The molecule has 5 aromatic rings.